The molecule has 258 valence electrons. The van der Waals surface area contributed by atoms with Crippen LogP contribution in [0, 0.1) is 0 Å². The molecule has 0 atom stereocenters. The molecule has 0 aliphatic carbocycles. The van der Waals surface area contributed by atoms with Crippen molar-refractivity contribution in [3.63, 3.8) is 0 Å². The summed E-state index contributed by atoms with van der Waals surface area (Å²) in [5.74, 6) is 1.97. The first-order chi connectivity index (χ1) is 27.2. The molecule has 7 aromatic carbocycles. The van der Waals surface area contributed by atoms with Crippen LogP contribution < -0.4 is 0 Å². The van der Waals surface area contributed by atoms with E-state index in [1.807, 2.05) is 54.7 Å². The Labute approximate surface area is 315 Å². The minimum Gasteiger partial charge on any atom is -0.436 e. The van der Waals surface area contributed by atoms with E-state index in [4.69, 9.17) is 23.8 Å². The van der Waals surface area contributed by atoms with E-state index in [2.05, 4.69) is 132 Å². The van der Waals surface area contributed by atoms with E-state index in [9.17, 15) is 0 Å². The highest BCUT2D eigenvalue weighted by Crippen LogP contribution is 2.39. The molecular formula is C49H30N4O2. The molecule has 0 fully saturated rings. The Hall–Kier alpha value is -7.57. The van der Waals surface area contributed by atoms with Crippen LogP contribution in [0.1, 0.15) is 0 Å². The number of hydrogen-bond donors (Lipinski definition) is 0. The number of hydrogen-bond acceptors (Lipinski definition) is 5. The molecule has 4 aromatic heterocycles. The molecule has 6 heteroatoms. The van der Waals surface area contributed by atoms with E-state index in [0.717, 1.165) is 83.2 Å². The Morgan fingerprint density at radius 1 is 0.364 bits per heavy atom. The van der Waals surface area contributed by atoms with Gasteiger partial charge < -0.3 is 8.83 Å². The van der Waals surface area contributed by atoms with Gasteiger partial charge in [0.1, 0.15) is 16.9 Å². The van der Waals surface area contributed by atoms with Crippen molar-refractivity contribution in [2.75, 3.05) is 0 Å². The number of oxazole rings is 2. The molecule has 0 unspecified atom stereocenters. The molecule has 6 nitrogen and oxygen atoms in total. The molecule has 0 spiro atoms. The fourth-order valence-electron chi connectivity index (χ4n) is 7.61. The van der Waals surface area contributed by atoms with E-state index in [1.165, 1.54) is 11.1 Å². The first-order valence-corrected chi connectivity index (χ1v) is 18.2. The summed E-state index contributed by atoms with van der Waals surface area (Å²) >= 11 is 0. The quantitative estimate of drug-likeness (QED) is 0.172. The summed E-state index contributed by atoms with van der Waals surface area (Å²) in [6.07, 6.45) is 1.98. The molecule has 4 heterocycles. The number of para-hydroxylation sites is 4. The third-order valence-corrected chi connectivity index (χ3v) is 10.3. The zero-order chi connectivity index (χ0) is 36.3. The average Bonchev–Trinajstić information content (AvgIpc) is 3.98. The van der Waals surface area contributed by atoms with Crippen molar-refractivity contribution >= 4 is 44.0 Å². The average molecular weight is 707 g/mol. The van der Waals surface area contributed by atoms with Crippen molar-refractivity contribution in [3.05, 3.63) is 182 Å². The minimum atomic E-state index is 0.578. The zero-order valence-electron chi connectivity index (χ0n) is 29.4. The van der Waals surface area contributed by atoms with Gasteiger partial charge in [-0.15, -0.1) is 0 Å². The van der Waals surface area contributed by atoms with Crippen molar-refractivity contribution in [1.29, 1.82) is 0 Å². The molecule has 0 aliphatic heterocycles. The fraction of sp³-hybridized carbons (Fsp3) is 0. The maximum atomic E-state index is 6.21. The van der Waals surface area contributed by atoms with Gasteiger partial charge in [0.25, 0.3) is 0 Å². The van der Waals surface area contributed by atoms with Crippen LogP contribution in [-0.4, -0.2) is 19.5 Å². The summed E-state index contributed by atoms with van der Waals surface area (Å²) in [7, 11) is 0. The number of aromatic nitrogens is 4. The molecule has 0 N–H and O–H groups in total. The van der Waals surface area contributed by atoms with Gasteiger partial charge in [0, 0.05) is 33.7 Å². The van der Waals surface area contributed by atoms with Crippen LogP contribution in [-0.2, 0) is 0 Å². The third-order valence-electron chi connectivity index (χ3n) is 10.3. The smallest absolute Gasteiger partial charge is 0.227 e. The second-order valence-corrected chi connectivity index (χ2v) is 13.7. The van der Waals surface area contributed by atoms with Crippen molar-refractivity contribution in [2.45, 2.75) is 0 Å². The summed E-state index contributed by atoms with van der Waals surface area (Å²) in [5.41, 5.74) is 13.8. The van der Waals surface area contributed by atoms with Gasteiger partial charge in [-0.05, 0) is 119 Å². The number of benzene rings is 7. The standard InChI is InChI=1S/C49H30N4O2/c1-3-11-31(12-4-1)36-25-37(32-13-5-2-6-14-32)27-38(26-36)35-21-24-47(50-30-35)53-43-22-19-33(48-51-41-15-7-9-17-45(41)54-48)28-39(43)40-29-34(20-23-44(40)53)49-52-42-16-8-10-18-46(42)55-49/h1-30H. The predicted molar refractivity (Wildman–Crippen MR) is 221 cm³/mol. The van der Waals surface area contributed by atoms with Crippen molar-refractivity contribution in [1.82, 2.24) is 19.5 Å². The van der Waals surface area contributed by atoms with Crippen molar-refractivity contribution in [3.8, 4) is 62.1 Å². The fourth-order valence-corrected chi connectivity index (χ4v) is 7.61. The van der Waals surface area contributed by atoms with Gasteiger partial charge in [-0.3, -0.25) is 4.57 Å². The first-order valence-electron chi connectivity index (χ1n) is 18.2. The largest absolute Gasteiger partial charge is 0.436 e. The molecular weight excluding hydrogens is 677 g/mol. The van der Waals surface area contributed by atoms with E-state index < -0.39 is 0 Å². The SMILES string of the molecule is c1ccc(-c2cc(-c3ccccc3)cc(-c3ccc(-n4c5ccc(-c6nc7ccccc7o6)cc5c5cc(-c6nc7ccccc7o6)ccc54)nc3)c2)cc1. The van der Waals surface area contributed by atoms with Gasteiger partial charge in [-0.25, -0.2) is 15.0 Å². The predicted octanol–water partition coefficient (Wildman–Crippen LogP) is 12.8. The summed E-state index contributed by atoms with van der Waals surface area (Å²) < 4.78 is 14.6. The molecule has 11 rings (SSSR count). The molecule has 0 saturated carbocycles. The third kappa shape index (κ3) is 5.39. The summed E-state index contributed by atoms with van der Waals surface area (Å²) in [6, 6.07) is 60.5. The van der Waals surface area contributed by atoms with Gasteiger partial charge in [-0.2, -0.15) is 0 Å². The monoisotopic (exact) mass is 706 g/mol. The number of nitrogens with zero attached hydrogens (tertiary/aromatic N) is 4. The second-order valence-electron chi connectivity index (χ2n) is 13.7. The maximum Gasteiger partial charge on any atom is 0.227 e. The van der Waals surface area contributed by atoms with E-state index in [-0.39, 0.29) is 0 Å². The van der Waals surface area contributed by atoms with E-state index in [1.54, 1.807) is 0 Å². The Morgan fingerprint density at radius 2 is 0.818 bits per heavy atom. The zero-order valence-corrected chi connectivity index (χ0v) is 29.4. The van der Waals surface area contributed by atoms with Gasteiger partial charge in [-0.1, -0.05) is 84.9 Å². The first kappa shape index (κ1) is 31.0. The van der Waals surface area contributed by atoms with Gasteiger partial charge in [0.05, 0.1) is 11.0 Å². The van der Waals surface area contributed by atoms with Crippen LogP contribution in [0.25, 0.3) is 106 Å². The van der Waals surface area contributed by atoms with E-state index in [0.29, 0.717) is 11.8 Å². The molecule has 0 aliphatic rings. The van der Waals surface area contributed by atoms with Crippen LogP contribution in [0.4, 0.5) is 0 Å². The van der Waals surface area contributed by atoms with Crippen molar-refractivity contribution in [2.24, 2.45) is 0 Å². The topological polar surface area (TPSA) is 69.9 Å². The lowest BCUT2D eigenvalue weighted by molar-refractivity contribution is 0.619. The molecule has 0 amide bonds. The van der Waals surface area contributed by atoms with Gasteiger partial charge in [0.2, 0.25) is 11.8 Å². The summed E-state index contributed by atoms with van der Waals surface area (Å²) in [4.78, 5) is 14.7. The highest BCUT2D eigenvalue weighted by molar-refractivity contribution is 6.11. The van der Waals surface area contributed by atoms with Crippen LogP contribution in [0.3, 0.4) is 0 Å². The Balaban J connectivity index is 1.06. The lowest BCUT2D eigenvalue weighted by Crippen LogP contribution is -1.97. The number of fused-ring (bicyclic) bond motifs is 5. The summed E-state index contributed by atoms with van der Waals surface area (Å²) in [5, 5.41) is 2.09. The molecule has 55 heavy (non-hydrogen) atoms. The van der Waals surface area contributed by atoms with Crippen LogP contribution in [0.5, 0.6) is 0 Å². The molecule has 0 radical (unpaired) electrons. The number of pyridine rings is 1. The Bertz CT molecular complexity index is 2940. The molecule has 0 bridgehead atoms. The molecule has 11 aromatic rings. The minimum absolute atomic E-state index is 0.578. The van der Waals surface area contributed by atoms with Crippen LogP contribution in [0.2, 0.25) is 0 Å². The number of rotatable bonds is 6. The lowest BCUT2D eigenvalue weighted by Gasteiger charge is -2.12. The van der Waals surface area contributed by atoms with Gasteiger partial charge >= 0.3 is 0 Å². The highest BCUT2D eigenvalue weighted by atomic mass is 16.4. The lowest BCUT2D eigenvalue weighted by atomic mass is 9.94. The second kappa shape index (κ2) is 12.5. The van der Waals surface area contributed by atoms with Gasteiger partial charge in [0.15, 0.2) is 11.2 Å². The summed E-state index contributed by atoms with van der Waals surface area (Å²) in [6.45, 7) is 0. The van der Waals surface area contributed by atoms with Crippen LogP contribution in [0.15, 0.2) is 191 Å². The Morgan fingerprint density at radius 3 is 1.29 bits per heavy atom. The Kier molecular flexibility index (Phi) is 7.07. The van der Waals surface area contributed by atoms with Crippen LogP contribution >= 0.6 is 0 Å². The van der Waals surface area contributed by atoms with E-state index >= 15 is 0 Å². The maximum absolute atomic E-state index is 6.21. The molecule has 0 saturated heterocycles. The van der Waals surface area contributed by atoms with Crippen molar-refractivity contribution < 1.29 is 8.83 Å². The highest BCUT2D eigenvalue weighted by Gasteiger charge is 2.19. The normalized spacial score (nSPS) is 11.6.